The van der Waals surface area contributed by atoms with Crippen molar-refractivity contribution in [1.82, 2.24) is 10.2 Å². The molecule has 4 heteroatoms. The van der Waals surface area contributed by atoms with Gasteiger partial charge in [0.05, 0.1) is 6.61 Å². The van der Waals surface area contributed by atoms with Crippen LogP contribution in [0.1, 0.15) is 39.0 Å². The lowest BCUT2D eigenvalue weighted by Gasteiger charge is -2.33. The largest absolute Gasteiger partial charge is 0.370 e. The van der Waals surface area contributed by atoms with E-state index in [0.29, 0.717) is 12.6 Å². The van der Waals surface area contributed by atoms with Gasteiger partial charge in [-0.05, 0) is 31.7 Å². The summed E-state index contributed by atoms with van der Waals surface area (Å²) < 4.78 is 5.19. The molecule has 1 amide bonds. The van der Waals surface area contributed by atoms with Crippen LogP contribution in [0.15, 0.2) is 0 Å². The van der Waals surface area contributed by atoms with E-state index in [0.717, 1.165) is 32.0 Å². The lowest BCUT2D eigenvalue weighted by molar-refractivity contribution is -0.143. The van der Waals surface area contributed by atoms with Crippen molar-refractivity contribution >= 4 is 5.91 Å². The number of amides is 1. The average molecular weight is 254 g/mol. The van der Waals surface area contributed by atoms with Crippen LogP contribution in [0.5, 0.6) is 0 Å². The Bertz CT molecular complexity index is 265. The number of ether oxygens (including phenoxy) is 1. The molecule has 2 rings (SSSR count). The predicted molar refractivity (Wildman–Crippen MR) is 71.4 cm³/mol. The van der Waals surface area contributed by atoms with Gasteiger partial charge in [-0.1, -0.05) is 19.8 Å². The summed E-state index contributed by atoms with van der Waals surface area (Å²) in [7, 11) is 0. The molecule has 0 spiro atoms. The molecular weight excluding hydrogens is 228 g/mol. The highest BCUT2D eigenvalue weighted by Crippen LogP contribution is 2.28. The van der Waals surface area contributed by atoms with Crippen LogP contribution in [-0.2, 0) is 9.53 Å². The van der Waals surface area contributed by atoms with Crippen molar-refractivity contribution in [3.63, 3.8) is 0 Å². The third-order valence-electron chi connectivity index (χ3n) is 4.13. The van der Waals surface area contributed by atoms with Crippen molar-refractivity contribution in [3.8, 4) is 0 Å². The summed E-state index contributed by atoms with van der Waals surface area (Å²) in [6.07, 6.45) is 6.50. The molecule has 1 unspecified atom stereocenters. The molecule has 18 heavy (non-hydrogen) atoms. The van der Waals surface area contributed by atoms with Crippen molar-refractivity contribution in [2.75, 3.05) is 32.8 Å². The highest BCUT2D eigenvalue weighted by Gasteiger charge is 2.28. The minimum absolute atomic E-state index is 0.155. The molecule has 0 bridgehead atoms. The van der Waals surface area contributed by atoms with Gasteiger partial charge in [0.15, 0.2) is 0 Å². The van der Waals surface area contributed by atoms with Gasteiger partial charge in [0, 0.05) is 19.1 Å². The Labute approximate surface area is 110 Å². The molecule has 1 saturated carbocycles. The second kappa shape index (κ2) is 7.10. The summed E-state index contributed by atoms with van der Waals surface area (Å²) in [6, 6.07) is 0.481. The van der Waals surface area contributed by atoms with Crippen LogP contribution >= 0.6 is 0 Å². The number of nitrogens with one attached hydrogen (secondary N) is 1. The van der Waals surface area contributed by atoms with Gasteiger partial charge in [0.2, 0.25) is 5.91 Å². The third kappa shape index (κ3) is 3.69. The Kier molecular flexibility index (Phi) is 5.45. The van der Waals surface area contributed by atoms with Crippen LogP contribution in [-0.4, -0.2) is 49.7 Å². The van der Waals surface area contributed by atoms with Crippen molar-refractivity contribution in [2.24, 2.45) is 5.92 Å². The Balaban J connectivity index is 1.88. The topological polar surface area (TPSA) is 41.6 Å². The van der Waals surface area contributed by atoms with Crippen molar-refractivity contribution in [2.45, 2.75) is 45.1 Å². The second-order valence-electron chi connectivity index (χ2n) is 5.50. The fraction of sp³-hybridized carbons (Fsp3) is 0.929. The van der Waals surface area contributed by atoms with E-state index in [9.17, 15) is 4.79 Å². The second-order valence-corrected chi connectivity index (χ2v) is 5.50. The van der Waals surface area contributed by atoms with E-state index in [1.165, 1.54) is 25.7 Å². The third-order valence-corrected chi connectivity index (χ3v) is 4.13. The summed E-state index contributed by atoms with van der Waals surface area (Å²) in [4.78, 5) is 13.8. The summed E-state index contributed by atoms with van der Waals surface area (Å²) in [5.74, 6) is 0.912. The Morgan fingerprint density at radius 1 is 1.44 bits per heavy atom. The van der Waals surface area contributed by atoms with Gasteiger partial charge in [0.1, 0.15) is 6.61 Å². The molecule has 2 aliphatic rings. The molecule has 1 heterocycles. The lowest BCUT2D eigenvalue weighted by atomic mass is 9.97. The van der Waals surface area contributed by atoms with Crippen molar-refractivity contribution < 1.29 is 9.53 Å². The Hall–Kier alpha value is -0.610. The molecule has 1 aliphatic heterocycles. The lowest BCUT2D eigenvalue weighted by Crippen LogP contribution is -2.51. The zero-order valence-corrected chi connectivity index (χ0v) is 11.5. The number of carbonyl (C=O) groups is 1. The molecule has 0 aromatic rings. The van der Waals surface area contributed by atoms with E-state index in [4.69, 9.17) is 4.74 Å². The highest BCUT2D eigenvalue weighted by atomic mass is 16.5. The maximum Gasteiger partial charge on any atom is 0.248 e. The fourth-order valence-corrected chi connectivity index (χ4v) is 3.05. The first-order valence-electron chi connectivity index (χ1n) is 7.40. The molecule has 0 aromatic carbocycles. The van der Waals surface area contributed by atoms with E-state index in [-0.39, 0.29) is 12.5 Å². The fourth-order valence-electron chi connectivity index (χ4n) is 3.05. The van der Waals surface area contributed by atoms with Gasteiger partial charge in [-0.25, -0.2) is 0 Å². The van der Waals surface area contributed by atoms with Gasteiger partial charge in [0.25, 0.3) is 0 Å². The van der Waals surface area contributed by atoms with Gasteiger partial charge in [-0.15, -0.1) is 0 Å². The van der Waals surface area contributed by atoms with Crippen LogP contribution < -0.4 is 5.32 Å². The first-order chi connectivity index (χ1) is 8.81. The highest BCUT2D eigenvalue weighted by molar-refractivity contribution is 5.78. The zero-order chi connectivity index (χ0) is 12.8. The van der Waals surface area contributed by atoms with Gasteiger partial charge in [-0.2, -0.15) is 0 Å². The number of hydrogen-bond donors (Lipinski definition) is 1. The number of hydrogen-bond acceptors (Lipinski definition) is 3. The maximum absolute atomic E-state index is 11.8. The number of carbonyl (C=O) groups excluding carboxylic acids is 1. The van der Waals surface area contributed by atoms with Gasteiger partial charge < -0.3 is 15.0 Å². The molecule has 1 aliphatic carbocycles. The van der Waals surface area contributed by atoms with E-state index < -0.39 is 0 Å². The van der Waals surface area contributed by atoms with Crippen LogP contribution in [0.3, 0.4) is 0 Å². The zero-order valence-electron chi connectivity index (χ0n) is 11.5. The van der Waals surface area contributed by atoms with Crippen LogP contribution in [0.25, 0.3) is 0 Å². The van der Waals surface area contributed by atoms with Gasteiger partial charge in [-0.3, -0.25) is 4.79 Å². The minimum Gasteiger partial charge on any atom is -0.370 e. The maximum atomic E-state index is 11.8. The van der Waals surface area contributed by atoms with E-state index in [2.05, 4.69) is 12.2 Å². The summed E-state index contributed by atoms with van der Waals surface area (Å²) >= 11 is 0. The average Bonchev–Trinajstić information content (AvgIpc) is 2.90. The molecular formula is C14H26N2O2. The van der Waals surface area contributed by atoms with Crippen molar-refractivity contribution in [3.05, 3.63) is 0 Å². The monoisotopic (exact) mass is 254 g/mol. The smallest absolute Gasteiger partial charge is 0.248 e. The van der Waals surface area contributed by atoms with Gasteiger partial charge >= 0.3 is 0 Å². The van der Waals surface area contributed by atoms with Crippen LogP contribution in [0.4, 0.5) is 0 Å². The summed E-state index contributed by atoms with van der Waals surface area (Å²) in [5, 5.41) is 3.64. The molecule has 0 radical (unpaired) electrons. The first-order valence-corrected chi connectivity index (χ1v) is 7.40. The summed E-state index contributed by atoms with van der Waals surface area (Å²) in [5.41, 5.74) is 0. The van der Waals surface area contributed by atoms with Crippen LogP contribution in [0, 0.1) is 5.92 Å². The summed E-state index contributed by atoms with van der Waals surface area (Å²) in [6.45, 7) is 5.84. The SMILES string of the molecule is CCCNC(CN1CCOCC1=O)C1CCCC1. The van der Waals surface area contributed by atoms with E-state index in [1.807, 2.05) is 4.90 Å². The van der Waals surface area contributed by atoms with Crippen LogP contribution in [0.2, 0.25) is 0 Å². The Morgan fingerprint density at radius 2 is 2.22 bits per heavy atom. The number of nitrogens with zero attached hydrogens (tertiary/aromatic N) is 1. The molecule has 2 fully saturated rings. The molecule has 1 saturated heterocycles. The minimum atomic E-state index is 0.155. The number of rotatable bonds is 6. The molecule has 4 nitrogen and oxygen atoms in total. The van der Waals surface area contributed by atoms with E-state index >= 15 is 0 Å². The standard InChI is InChI=1S/C14H26N2O2/c1-2-7-15-13(12-5-3-4-6-12)10-16-8-9-18-11-14(16)17/h12-13,15H,2-11H2,1H3. The van der Waals surface area contributed by atoms with E-state index in [1.54, 1.807) is 0 Å². The normalized spacial score (nSPS) is 23.6. The quantitative estimate of drug-likeness (QED) is 0.779. The molecule has 1 N–H and O–H groups in total. The molecule has 104 valence electrons. The predicted octanol–water partition coefficient (Wildman–Crippen LogP) is 1.40. The Morgan fingerprint density at radius 3 is 2.89 bits per heavy atom. The molecule has 0 aromatic heterocycles. The van der Waals surface area contributed by atoms with Crippen molar-refractivity contribution in [1.29, 1.82) is 0 Å². The molecule has 1 atom stereocenters. The first kappa shape index (κ1) is 13.8. The number of morpholine rings is 1.